The highest BCUT2D eigenvalue weighted by molar-refractivity contribution is 6.03. The zero-order chi connectivity index (χ0) is 19.7. The number of hydrogen-bond acceptors (Lipinski definition) is 4. The van der Waals surface area contributed by atoms with Crippen LogP contribution in [0.5, 0.6) is 0 Å². The van der Waals surface area contributed by atoms with E-state index in [2.05, 4.69) is 20.4 Å². The summed E-state index contributed by atoms with van der Waals surface area (Å²) in [6.45, 7) is 3.71. The minimum Gasteiger partial charge on any atom is -0.291 e. The van der Waals surface area contributed by atoms with Crippen LogP contribution in [0.3, 0.4) is 0 Å². The lowest BCUT2D eigenvalue weighted by Crippen LogP contribution is -2.22. The van der Waals surface area contributed by atoms with Gasteiger partial charge in [-0.1, -0.05) is 48.0 Å². The number of fused-ring (bicyclic) bond motifs is 1. The summed E-state index contributed by atoms with van der Waals surface area (Å²) >= 11 is 0. The lowest BCUT2D eigenvalue weighted by molar-refractivity contribution is 0.102. The van der Waals surface area contributed by atoms with Gasteiger partial charge in [-0.25, -0.2) is 4.98 Å². The molecule has 0 fully saturated rings. The number of carbonyl (C=O) groups is 1. The Balaban J connectivity index is 1.66. The topological polar surface area (TPSA) is 92.2 Å². The van der Waals surface area contributed by atoms with E-state index < -0.39 is 0 Å². The molecule has 4 aromatic rings. The first-order chi connectivity index (χ1) is 13.5. The number of carbonyl (C=O) groups excluding carboxylic acids is 1. The monoisotopic (exact) mass is 373 g/mol. The first-order valence-electron chi connectivity index (χ1n) is 8.91. The summed E-state index contributed by atoms with van der Waals surface area (Å²) in [5, 5.41) is 5.52. The normalized spacial score (nSPS) is 10.9. The van der Waals surface area contributed by atoms with Gasteiger partial charge in [0, 0.05) is 17.5 Å². The van der Waals surface area contributed by atoms with E-state index in [1.165, 1.54) is 4.52 Å². The van der Waals surface area contributed by atoms with Crippen molar-refractivity contribution in [1.29, 1.82) is 0 Å². The van der Waals surface area contributed by atoms with Gasteiger partial charge in [0.15, 0.2) is 0 Å². The third-order valence-electron chi connectivity index (χ3n) is 4.53. The number of aromatic amines is 1. The van der Waals surface area contributed by atoms with Gasteiger partial charge in [0.05, 0.1) is 5.69 Å². The average Bonchev–Trinajstić information content (AvgIpc) is 3.08. The second-order valence-electron chi connectivity index (χ2n) is 6.67. The van der Waals surface area contributed by atoms with Crippen LogP contribution in [-0.4, -0.2) is 25.5 Å². The number of nitrogens with zero attached hydrogens (tertiary/aromatic N) is 3. The molecule has 0 saturated heterocycles. The molecule has 7 nitrogen and oxygen atoms in total. The summed E-state index contributed by atoms with van der Waals surface area (Å²) in [6.07, 6.45) is 0.478. The Hall–Kier alpha value is -3.74. The summed E-state index contributed by atoms with van der Waals surface area (Å²) in [5.74, 6) is 0.0863. The fourth-order valence-electron chi connectivity index (χ4n) is 3.08. The summed E-state index contributed by atoms with van der Waals surface area (Å²) in [7, 11) is 0. The van der Waals surface area contributed by atoms with Gasteiger partial charge in [0.2, 0.25) is 5.95 Å². The van der Waals surface area contributed by atoms with E-state index in [1.807, 2.05) is 49.4 Å². The Morgan fingerprint density at radius 2 is 1.86 bits per heavy atom. The molecule has 0 atom stereocenters. The Kier molecular flexibility index (Phi) is 4.49. The number of H-pyrrole nitrogens is 1. The van der Waals surface area contributed by atoms with Crippen LogP contribution in [0.15, 0.2) is 59.4 Å². The lowest BCUT2D eigenvalue weighted by atomic mass is 10.1. The Morgan fingerprint density at radius 1 is 1.07 bits per heavy atom. The molecule has 0 aliphatic heterocycles. The maximum atomic E-state index is 12.9. The van der Waals surface area contributed by atoms with Crippen molar-refractivity contribution in [2.24, 2.45) is 0 Å². The third kappa shape index (κ3) is 3.42. The van der Waals surface area contributed by atoms with Crippen LogP contribution in [-0.2, 0) is 6.42 Å². The van der Waals surface area contributed by atoms with E-state index in [0.29, 0.717) is 23.2 Å². The first kappa shape index (κ1) is 17.7. The lowest BCUT2D eigenvalue weighted by Gasteiger charge is -2.04. The van der Waals surface area contributed by atoms with Gasteiger partial charge < -0.3 is 0 Å². The van der Waals surface area contributed by atoms with Crippen molar-refractivity contribution in [3.8, 4) is 0 Å². The highest BCUT2D eigenvalue weighted by Gasteiger charge is 2.15. The van der Waals surface area contributed by atoms with E-state index in [4.69, 9.17) is 0 Å². The fourth-order valence-corrected chi connectivity index (χ4v) is 3.08. The van der Waals surface area contributed by atoms with Gasteiger partial charge in [-0.05, 0) is 31.5 Å². The molecular formula is C21H19N5O2. The predicted molar refractivity (Wildman–Crippen MR) is 107 cm³/mol. The molecule has 2 aromatic carbocycles. The molecule has 2 aromatic heterocycles. The molecule has 0 radical (unpaired) electrons. The molecule has 2 N–H and O–H groups in total. The summed E-state index contributed by atoms with van der Waals surface area (Å²) < 4.78 is 1.26. The molecule has 28 heavy (non-hydrogen) atoms. The van der Waals surface area contributed by atoms with E-state index in [1.54, 1.807) is 19.1 Å². The number of rotatable bonds is 4. The highest BCUT2D eigenvalue weighted by atomic mass is 16.2. The third-order valence-corrected chi connectivity index (χ3v) is 4.53. The molecule has 4 rings (SSSR count). The molecule has 0 bridgehead atoms. The summed E-state index contributed by atoms with van der Waals surface area (Å²) in [6, 6.07) is 17.0. The number of anilines is 1. The van der Waals surface area contributed by atoms with E-state index >= 15 is 0 Å². The van der Waals surface area contributed by atoms with Gasteiger partial charge in [-0.15, -0.1) is 0 Å². The molecule has 2 heterocycles. The van der Waals surface area contributed by atoms with Crippen molar-refractivity contribution in [3.05, 3.63) is 92.9 Å². The quantitative estimate of drug-likeness (QED) is 0.575. The standard InChI is InChI=1S/C21H19N5O2/c1-13-7-6-10-16(11-13)18(27)23-20-24-21-22-14(2)17(19(28)26(21)25-20)12-15-8-4-3-5-9-15/h3-11H,12H2,1-2H3,(H2,22,23,24,25,27). The first-order valence-corrected chi connectivity index (χ1v) is 8.91. The zero-order valence-electron chi connectivity index (χ0n) is 15.6. The summed E-state index contributed by atoms with van der Waals surface area (Å²) in [5.41, 5.74) is 3.51. The van der Waals surface area contributed by atoms with Crippen LogP contribution in [0.1, 0.15) is 32.7 Å². The molecule has 0 spiro atoms. The number of aromatic nitrogens is 4. The molecular weight excluding hydrogens is 354 g/mol. The molecule has 7 heteroatoms. The van der Waals surface area contributed by atoms with E-state index in [-0.39, 0.29) is 23.2 Å². The largest absolute Gasteiger partial charge is 0.291 e. The van der Waals surface area contributed by atoms with Gasteiger partial charge in [-0.3, -0.25) is 20.0 Å². The van der Waals surface area contributed by atoms with Crippen molar-refractivity contribution in [1.82, 2.24) is 19.6 Å². The van der Waals surface area contributed by atoms with Crippen LogP contribution >= 0.6 is 0 Å². The van der Waals surface area contributed by atoms with E-state index in [9.17, 15) is 9.59 Å². The van der Waals surface area contributed by atoms with Crippen molar-refractivity contribution >= 4 is 17.6 Å². The van der Waals surface area contributed by atoms with E-state index in [0.717, 1.165) is 11.1 Å². The van der Waals surface area contributed by atoms with Gasteiger partial charge in [0.1, 0.15) is 0 Å². The number of benzene rings is 2. The smallest absolute Gasteiger partial charge is 0.277 e. The minimum absolute atomic E-state index is 0.173. The second-order valence-corrected chi connectivity index (χ2v) is 6.67. The maximum absolute atomic E-state index is 12.9. The fraction of sp³-hybridized carbons (Fsp3) is 0.143. The maximum Gasteiger partial charge on any atom is 0.277 e. The minimum atomic E-state index is -0.308. The number of hydrogen-bond donors (Lipinski definition) is 2. The Labute approximate surface area is 161 Å². The molecule has 0 aliphatic carbocycles. The molecule has 0 saturated carbocycles. The SMILES string of the molecule is Cc1cccc(C(=O)Nc2nc3nc(C)c(Cc4ccccc4)c(=O)n3[nH]2)c1. The molecule has 1 amide bonds. The molecule has 140 valence electrons. The highest BCUT2D eigenvalue weighted by Crippen LogP contribution is 2.11. The van der Waals surface area contributed by atoms with Crippen molar-refractivity contribution in [2.75, 3.05) is 5.32 Å². The molecule has 0 unspecified atom stereocenters. The van der Waals surface area contributed by atoms with Gasteiger partial charge in [-0.2, -0.15) is 9.50 Å². The van der Waals surface area contributed by atoms with Crippen LogP contribution in [0.2, 0.25) is 0 Å². The van der Waals surface area contributed by atoms with Crippen LogP contribution < -0.4 is 10.9 Å². The Morgan fingerprint density at radius 3 is 2.61 bits per heavy atom. The van der Waals surface area contributed by atoms with Crippen molar-refractivity contribution in [2.45, 2.75) is 20.3 Å². The second kappa shape index (κ2) is 7.11. The van der Waals surface area contributed by atoms with Crippen LogP contribution in [0.25, 0.3) is 5.78 Å². The van der Waals surface area contributed by atoms with Gasteiger partial charge in [0.25, 0.3) is 17.2 Å². The number of amides is 1. The summed E-state index contributed by atoms with van der Waals surface area (Å²) in [4.78, 5) is 34.0. The predicted octanol–water partition coefficient (Wildman–Crippen LogP) is 2.88. The van der Waals surface area contributed by atoms with Crippen molar-refractivity contribution in [3.63, 3.8) is 0 Å². The number of aryl methyl sites for hydroxylation is 2. The van der Waals surface area contributed by atoms with Crippen LogP contribution in [0, 0.1) is 13.8 Å². The number of nitrogens with one attached hydrogen (secondary N) is 2. The Bertz CT molecular complexity index is 1220. The van der Waals surface area contributed by atoms with Crippen molar-refractivity contribution < 1.29 is 4.79 Å². The zero-order valence-corrected chi connectivity index (χ0v) is 15.6. The average molecular weight is 373 g/mol. The van der Waals surface area contributed by atoms with Crippen LogP contribution in [0.4, 0.5) is 5.95 Å². The van der Waals surface area contributed by atoms with Gasteiger partial charge >= 0.3 is 0 Å². The molecule has 0 aliphatic rings.